The standard InChI is InChI=1S/C21H21F2N3O4/c1-30-19-16-11(18(27)12(20(28)29)8-26(16)15-6-13(15)22)5-14(23)17(19)25-7-10-3-2-4-21(10,24)9-25/h2,4-5,8,10,13,15H,3,6-7,9,24H2,1H3,(H,28,29)/t10-,13+,15?,21-/m1/s1. The number of aromatic carboxylic acids is 1. The molecule has 0 radical (unpaired) electrons. The lowest BCUT2D eigenvalue weighted by atomic mass is 9.92. The lowest BCUT2D eigenvalue weighted by molar-refractivity contribution is 0.0694. The Hall–Kier alpha value is -2.94. The average molecular weight is 417 g/mol. The number of allylic oxidation sites excluding steroid dienone is 1. The van der Waals surface area contributed by atoms with Crippen molar-refractivity contribution in [2.75, 3.05) is 25.1 Å². The second-order valence-electron chi connectivity index (χ2n) is 8.37. The first-order valence-electron chi connectivity index (χ1n) is 9.79. The summed E-state index contributed by atoms with van der Waals surface area (Å²) < 4.78 is 36.2. The minimum atomic E-state index is -1.45. The minimum absolute atomic E-state index is 0.0886. The third-order valence-electron chi connectivity index (χ3n) is 6.50. The van der Waals surface area contributed by atoms with Crippen LogP contribution in [-0.2, 0) is 0 Å². The predicted octanol–water partition coefficient (Wildman–Crippen LogP) is 2.22. The number of hydrogen-bond acceptors (Lipinski definition) is 5. The number of carbonyl (C=O) groups is 1. The van der Waals surface area contributed by atoms with Crippen LogP contribution in [-0.4, -0.2) is 47.6 Å². The second-order valence-corrected chi connectivity index (χ2v) is 8.37. The zero-order chi connectivity index (χ0) is 21.4. The molecule has 1 saturated carbocycles. The van der Waals surface area contributed by atoms with E-state index in [1.54, 1.807) is 4.90 Å². The normalized spacial score (nSPS) is 29.5. The van der Waals surface area contributed by atoms with Crippen molar-refractivity contribution >= 4 is 22.6 Å². The first-order chi connectivity index (χ1) is 14.2. The zero-order valence-corrected chi connectivity index (χ0v) is 16.3. The maximum absolute atomic E-state index is 15.3. The Balaban J connectivity index is 1.77. The van der Waals surface area contributed by atoms with E-state index in [0.29, 0.717) is 13.1 Å². The Morgan fingerprint density at radius 1 is 1.43 bits per heavy atom. The number of benzene rings is 1. The van der Waals surface area contributed by atoms with E-state index >= 15 is 4.39 Å². The molecule has 1 aromatic heterocycles. The fourth-order valence-electron chi connectivity index (χ4n) is 4.85. The molecule has 1 aliphatic heterocycles. The van der Waals surface area contributed by atoms with E-state index in [-0.39, 0.29) is 34.7 Å². The number of hydrogen-bond donors (Lipinski definition) is 2. The lowest BCUT2D eigenvalue weighted by Crippen LogP contribution is -2.43. The van der Waals surface area contributed by atoms with Crippen LogP contribution in [0, 0.1) is 11.7 Å². The van der Waals surface area contributed by atoms with Crippen LogP contribution in [0.4, 0.5) is 14.5 Å². The highest BCUT2D eigenvalue weighted by atomic mass is 19.1. The third-order valence-corrected chi connectivity index (χ3v) is 6.50. The molecule has 0 spiro atoms. The van der Waals surface area contributed by atoms with Gasteiger partial charge in [0.1, 0.15) is 17.4 Å². The number of halogens is 2. The number of rotatable bonds is 4. The van der Waals surface area contributed by atoms with Gasteiger partial charge in [-0.15, -0.1) is 0 Å². The molecule has 7 nitrogen and oxygen atoms in total. The summed E-state index contributed by atoms with van der Waals surface area (Å²) in [6.45, 7) is 0.883. The van der Waals surface area contributed by atoms with Crippen LogP contribution in [0.15, 0.2) is 29.2 Å². The molecule has 2 heterocycles. The Morgan fingerprint density at radius 2 is 2.17 bits per heavy atom. The molecule has 0 amide bonds. The van der Waals surface area contributed by atoms with Crippen LogP contribution in [0.3, 0.4) is 0 Å². The van der Waals surface area contributed by atoms with Gasteiger partial charge in [-0.1, -0.05) is 12.2 Å². The number of pyridine rings is 1. The molecule has 2 fully saturated rings. The van der Waals surface area contributed by atoms with Gasteiger partial charge in [-0.05, 0) is 12.5 Å². The molecule has 2 aliphatic carbocycles. The molecule has 0 bridgehead atoms. The topological polar surface area (TPSA) is 97.8 Å². The van der Waals surface area contributed by atoms with Gasteiger partial charge >= 0.3 is 5.97 Å². The molecule has 3 N–H and O–H groups in total. The monoisotopic (exact) mass is 417 g/mol. The maximum Gasteiger partial charge on any atom is 0.341 e. The number of methoxy groups -OCH3 is 1. The molecular weight excluding hydrogens is 396 g/mol. The lowest BCUT2D eigenvalue weighted by Gasteiger charge is -2.26. The molecule has 4 atom stereocenters. The molecule has 158 valence electrons. The number of nitrogens with two attached hydrogens (primary N) is 1. The number of ether oxygens (including phenoxy) is 1. The maximum atomic E-state index is 15.3. The number of anilines is 1. The summed E-state index contributed by atoms with van der Waals surface area (Å²) in [5.41, 5.74) is 4.90. The number of carboxylic acid groups (broad SMARTS) is 1. The van der Waals surface area contributed by atoms with Crippen LogP contribution in [0.1, 0.15) is 29.2 Å². The number of carboxylic acids is 1. The number of fused-ring (bicyclic) bond motifs is 2. The van der Waals surface area contributed by atoms with Gasteiger partial charge in [0.15, 0.2) is 11.6 Å². The van der Waals surface area contributed by atoms with Crippen molar-refractivity contribution in [1.82, 2.24) is 4.57 Å². The predicted molar refractivity (Wildman–Crippen MR) is 107 cm³/mol. The van der Waals surface area contributed by atoms with Gasteiger partial charge in [0.05, 0.1) is 29.6 Å². The summed E-state index contributed by atoms with van der Waals surface area (Å²) in [5.74, 6) is -1.93. The van der Waals surface area contributed by atoms with Gasteiger partial charge in [0.2, 0.25) is 5.43 Å². The van der Waals surface area contributed by atoms with Gasteiger partial charge in [0, 0.05) is 31.6 Å². The van der Waals surface area contributed by atoms with Crippen molar-refractivity contribution in [3.63, 3.8) is 0 Å². The van der Waals surface area contributed by atoms with E-state index in [9.17, 15) is 19.1 Å². The molecular formula is C21H21F2N3O4. The van der Waals surface area contributed by atoms with Crippen LogP contribution >= 0.6 is 0 Å². The summed E-state index contributed by atoms with van der Waals surface area (Å²) in [6, 6.07) is 0.404. The second kappa shape index (κ2) is 6.28. The van der Waals surface area contributed by atoms with Gasteiger partial charge in [0.25, 0.3) is 0 Å². The SMILES string of the molecule is COc1c(N2C[C@H]3CC=C[C@@]3(N)C2)c(F)cc2c(=O)c(C(=O)O)cn(C3C[C@@H]3F)c12. The van der Waals surface area contributed by atoms with Crippen molar-refractivity contribution in [3.8, 4) is 5.75 Å². The van der Waals surface area contributed by atoms with Crippen molar-refractivity contribution in [2.45, 2.75) is 30.6 Å². The fourth-order valence-corrected chi connectivity index (χ4v) is 4.85. The molecule has 1 unspecified atom stereocenters. The highest BCUT2D eigenvalue weighted by Crippen LogP contribution is 2.47. The van der Waals surface area contributed by atoms with E-state index in [2.05, 4.69) is 0 Å². The van der Waals surface area contributed by atoms with E-state index in [1.165, 1.54) is 11.7 Å². The van der Waals surface area contributed by atoms with Crippen molar-refractivity contribution < 1.29 is 23.4 Å². The number of nitrogens with zero attached hydrogens (tertiary/aromatic N) is 2. The van der Waals surface area contributed by atoms with E-state index in [0.717, 1.165) is 18.7 Å². The van der Waals surface area contributed by atoms with Gasteiger partial charge in [-0.25, -0.2) is 13.6 Å². The molecule has 1 saturated heterocycles. The van der Waals surface area contributed by atoms with Gasteiger partial charge in [-0.3, -0.25) is 4.79 Å². The molecule has 30 heavy (non-hydrogen) atoms. The van der Waals surface area contributed by atoms with E-state index < -0.39 is 40.5 Å². The molecule has 5 rings (SSSR count). The summed E-state index contributed by atoms with van der Waals surface area (Å²) >= 11 is 0. The summed E-state index contributed by atoms with van der Waals surface area (Å²) in [6.07, 6.45) is 4.91. The Morgan fingerprint density at radius 3 is 2.77 bits per heavy atom. The van der Waals surface area contributed by atoms with Crippen LogP contribution in [0.25, 0.3) is 10.9 Å². The van der Waals surface area contributed by atoms with Crippen molar-refractivity contribution in [2.24, 2.45) is 11.7 Å². The molecule has 1 aromatic carbocycles. The van der Waals surface area contributed by atoms with E-state index in [4.69, 9.17) is 10.5 Å². The summed E-state index contributed by atoms with van der Waals surface area (Å²) in [4.78, 5) is 26.1. The highest BCUT2D eigenvalue weighted by molar-refractivity contribution is 5.97. The fraction of sp³-hybridized carbons (Fsp3) is 0.429. The number of aromatic nitrogens is 1. The largest absolute Gasteiger partial charge is 0.492 e. The molecule has 3 aliphatic rings. The quantitative estimate of drug-likeness (QED) is 0.741. The van der Waals surface area contributed by atoms with Gasteiger partial charge in [-0.2, -0.15) is 0 Å². The first-order valence-corrected chi connectivity index (χ1v) is 9.79. The first kappa shape index (κ1) is 19.0. The summed E-state index contributed by atoms with van der Waals surface area (Å²) in [5, 5.41) is 9.26. The molecule has 2 aromatic rings. The third kappa shape index (κ3) is 2.57. The van der Waals surface area contributed by atoms with E-state index in [1.807, 2.05) is 12.2 Å². The van der Waals surface area contributed by atoms with Crippen LogP contribution < -0.4 is 20.8 Å². The Labute approximate surface area is 170 Å². The minimum Gasteiger partial charge on any atom is -0.492 e. The van der Waals surface area contributed by atoms with Crippen LogP contribution in [0.2, 0.25) is 0 Å². The Kier molecular flexibility index (Phi) is 3.99. The van der Waals surface area contributed by atoms with Crippen LogP contribution in [0.5, 0.6) is 5.75 Å². The van der Waals surface area contributed by atoms with Crippen molar-refractivity contribution in [3.05, 3.63) is 46.0 Å². The van der Waals surface area contributed by atoms with Crippen molar-refractivity contribution in [1.29, 1.82) is 0 Å². The summed E-state index contributed by atoms with van der Waals surface area (Å²) in [7, 11) is 1.35. The Bertz CT molecular complexity index is 1180. The number of alkyl halides is 1. The smallest absolute Gasteiger partial charge is 0.341 e. The zero-order valence-electron chi connectivity index (χ0n) is 16.3. The molecule has 9 heteroatoms. The average Bonchev–Trinajstić information content (AvgIpc) is 3.16. The highest BCUT2D eigenvalue weighted by Gasteiger charge is 2.46. The van der Waals surface area contributed by atoms with Gasteiger partial charge < -0.3 is 25.0 Å².